The van der Waals surface area contributed by atoms with Gasteiger partial charge in [0.05, 0.1) is 10.7 Å². The average molecular weight is 1040 g/mol. The quantitative estimate of drug-likeness (QED) is 0.0685. The van der Waals surface area contributed by atoms with Gasteiger partial charge in [0, 0.05) is 17.5 Å². The van der Waals surface area contributed by atoms with Crippen LogP contribution in [-0.2, 0) is 17.6 Å². The summed E-state index contributed by atoms with van der Waals surface area (Å²) in [6.45, 7) is 0. The van der Waals surface area contributed by atoms with Crippen LogP contribution in [-0.4, -0.2) is 54.6 Å². The fourth-order valence-electron chi connectivity index (χ4n) is 5.52. The van der Waals surface area contributed by atoms with E-state index in [4.69, 9.17) is 15.6 Å². The van der Waals surface area contributed by atoms with E-state index in [-0.39, 0.29) is 29.7 Å². The lowest BCUT2D eigenvalue weighted by Crippen LogP contribution is -2.32. The lowest BCUT2D eigenvalue weighted by Gasteiger charge is -2.16. The second-order valence-electron chi connectivity index (χ2n) is 11.5. The van der Waals surface area contributed by atoms with Crippen molar-refractivity contribution in [2.75, 3.05) is 0 Å². The van der Waals surface area contributed by atoms with Crippen LogP contribution in [0.3, 0.4) is 0 Å². The number of hydrogen-bond donors (Lipinski definition) is 7. The van der Waals surface area contributed by atoms with E-state index in [9.17, 15) is 39.9 Å². The van der Waals surface area contributed by atoms with E-state index in [1.165, 1.54) is 12.1 Å². The number of rotatable bonds is 9. The Morgan fingerprint density at radius 3 is 1.58 bits per heavy atom. The van der Waals surface area contributed by atoms with Crippen LogP contribution in [0.15, 0.2) is 91.0 Å². The molecule has 11 nitrogen and oxygen atoms in total. The second-order valence-corrected chi connectivity index (χ2v) is 15.0. The second kappa shape index (κ2) is 16.5. The van der Waals surface area contributed by atoms with Crippen LogP contribution in [0.2, 0.25) is 0 Å². The number of carbonyl (C=O) groups is 3. The third-order valence-corrected chi connectivity index (χ3v) is 10.5. The zero-order valence-electron chi connectivity index (χ0n) is 26.7. The molecule has 0 amide bonds. The minimum atomic E-state index is -1.28. The monoisotopic (exact) mass is 1040 g/mol. The normalized spacial score (nSPS) is 11.5. The molecule has 0 saturated heterocycles. The minimum Gasteiger partial charge on any atom is -0.507 e. The molecule has 266 valence electrons. The number of hydrogen-bond acceptors (Lipinski definition) is 8. The molecule has 8 N–H and O–H groups in total. The highest BCUT2D eigenvalue weighted by Gasteiger charge is 2.23. The molecule has 0 spiro atoms. The predicted octanol–water partition coefficient (Wildman–Crippen LogP) is 8.34. The maximum absolute atomic E-state index is 11.6. The lowest BCUT2D eigenvalue weighted by atomic mass is 9.90. The summed E-state index contributed by atoms with van der Waals surface area (Å²) in [7, 11) is 0. The highest BCUT2D eigenvalue weighted by Crippen LogP contribution is 2.39. The molecule has 0 aliphatic carbocycles. The van der Waals surface area contributed by atoms with Crippen molar-refractivity contribution in [3.05, 3.63) is 130 Å². The molecular weight excluding hydrogens is 1010 g/mol. The Balaban J connectivity index is 0.000000207. The zero-order chi connectivity index (χ0) is 37.9. The largest absolute Gasteiger partial charge is 0.507 e. The molecule has 0 aromatic heterocycles. The van der Waals surface area contributed by atoms with Gasteiger partial charge in [-0.05, 0) is 144 Å². The van der Waals surface area contributed by atoms with Crippen molar-refractivity contribution in [3.63, 3.8) is 0 Å². The van der Waals surface area contributed by atoms with Crippen molar-refractivity contribution in [1.82, 2.24) is 0 Å². The molecule has 0 unspecified atom stereocenters. The van der Waals surface area contributed by atoms with E-state index < -0.39 is 35.4 Å². The smallest absolute Gasteiger partial charge is 0.339 e. The number of fused-ring (bicyclic) bond motifs is 2. The first-order chi connectivity index (χ1) is 24.7. The Bertz CT molecular complexity index is 2260. The first-order valence-electron chi connectivity index (χ1n) is 15.2. The fourth-order valence-corrected chi connectivity index (χ4v) is 8.13. The number of benzene rings is 6. The summed E-state index contributed by atoms with van der Waals surface area (Å²) in [6.07, 6.45) is 0.222. The molecule has 0 heterocycles. The number of nitrogens with two attached hydrogens (primary N) is 1. The maximum Gasteiger partial charge on any atom is 0.339 e. The number of aromatic carboxylic acids is 2. The van der Waals surface area contributed by atoms with Gasteiger partial charge in [0.25, 0.3) is 0 Å². The topological polar surface area (TPSA) is 208 Å². The Kier molecular flexibility index (Phi) is 12.3. The van der Waals surface area contributed by atoms with Crippen LogP contribution >= 0.6 is 67.8 Å². The number of aromatic hydroxyl groups is 3. The van der Waals surface area contributed by atoms with Crippen LogP contribution in [0.25, 0.3) is 21.5 Å². The zero-order valence-corrected chi connectivity index (χ0v) is 33.2. The summed E-state index contributed by atoms with van der Waals surface area (Å²) in [4.78, 5) is 34.1. The number of phenolic OH excluding ortho intramolecular Hbond substituents is 1. The summed E-state index contributed by atoms with van der Waals surface area (Å²) in [6, 6.07) is 24.6. The van der Waals surface area contributed by atoms with Crippen molar-refractivity contribution in [1.29, 1.82) is 0 Å². The third kappa shape index (κ3) is 8.62. The van der Waals surface area contributed by atoms with Crippen molar-refractivity contribution in [3.8, 4) is 28.7 Å². The van der Waals surface area contributed by atoms with E-state index in [0.29, 0.717) is 47.7 Å². The molecule has 1 atom stereocenters. The lowest BCUT2D eigenvalue weighted by molar-refractivity contribution is -0.138. The minimum absolute atomic E-state index is 0.0407. The summed E-state index contributed by atoms with van der Waals surface area (Å²) in [5, 5.41) is 61.3. The molecule has 0 saturated carbocycles. The van der Waals surface area contributed by atoms with Gasteiger partial charge in [0.1, 0.15) is 40.2 Å². The summed E-state index contributed by atoms with van der Waals surface area (Å²) in [5.74, 6) is -2.85. The molecule has 14 heteroatoms. The third-order valence-electron chi connectivity index (χ3n) is 8.04. The van der Waals surface area contributed by atoms with Gasteiger partial charge in [-0.25, -0.2) is 9.59 Å². The van der Waals surface area contributed by atoms with E-state index in [1.54, 1.807) is 66.7 Å². The molecule has 6 aromatic carbocycles. The van der Waals surface area contributed by atoms with Crippen LogP contribution in [0.4, 0.5) is 0 Å². The van der Waals surface area contributed by atoms with Gasteiger partial charge in [-0.15, -0.1) is 0 Å². The van der Waals surface area contributed by atoms with Gasteiger partial charge >= 0.3 is 17.9 Å². The van der Waals surface area contributed by atoms with E-state index in [1.807, 2.05) is 34.7 Å². The van der Waals surface area contributed by atoms with Crippen molar-refractivity contribution in [2.24, 2.45) is 5.73 Å². The average Bonchev–Trinajstić information content (AvgIpc) is 3.09. The van der Waals surface area contributed by atoms with Crippen LogP contribution in [0, 0.1) is 10.7 Å². The Labute approximate surface area is 337 Å². The van der Waals surface area contributed by atoms with Crippen molar-refractivity contribution < 1.29 is 49.8 Å². The van der Waals surface area contributed by atoms with Gasteiger partial charge in [-0.1, -0.05) is 48.5 Å². The Morgan fingerprint density at radius 2 is 1.13 bits per heavy atom. The molecule has 0 radical (unpaired) electrons. The van der Waals surface area contributed by atoms with Gasteiger partial charge in [0.15, 0.2) is 5.75 Å². The molecule has 0 bridgehead atoms. The summed E-state index contributed by atoms with van der Waals surface area (Å²) >= 11 is 6.33. The Morgan fingerprint density at radius 1 is 0.654 bits per heavy atom. The number of halogens is 3. The number of aliphatic carboxylic acids is 1. The highest BCUT2D eigenvalue weighted by atomic mass is 127. The standard InChI is InChI=1S/C23H16O6.C15H12I3NO4/c24-20-16(14-7-3-1-5-12(14)9-18(20)22(26)27)11-17-15-8-4-2-6-13(15)10-19(21(17)25)23(28)29;16-9-6-8(1-2-13(9)20)23-14-10(17)3-7(4-11(14)18)5-12(19)15(21)22/h1-10,24-25H,11H2,(H,26,27)(H,28,29);1-4,6,12,20H,5,19H2,(H,21,22)/t;12-/m.0/s1. The molecule has 52 heavy (non-hydrogen) atoms. The van der Waals surface area contributed by atoms with Crippen LogP contribution in [0.1, 0.15) is 37.4 Å². The molecule has 0 aliphatic rings. The first-order valence-corrected chi connectivity index (χ1v) is 18.5. The maximum atomic E-state index is 11.6. The SMILES string of the molecule is N[C@@H](Cc1cc(I)c(Oc2ccc(O)c(I)c2)c(I)c1)C(=O)O.O=C(O)c1cc2ccccc2c(Cc2c(O)c(C(=O)O)cc3ccccc23)c1O. The molecule has 6 rings (SSSR count). The van der Waals surface area contributed by atoms with Gasteiger partial charge in [0.2, 0.25) is 0 Å². The van der Waals surface area contributed by atoms with Crippen LogP contribution < -0.4 is 10.5 Å². The predicted molar refractivity (Wildman–Crippen MR) is 220 cm³/mol. The van der Waals surface area contributed by atoms with Gasteiger partial charge in [-0.3, -0.25) is 4.79 Å². The van der Waals surface area contributed by atoms with E-state index >= 15 is 0 Å². The number of ether oxygens (including phenoxy) is 1. The van der Waals surface area contributed by atoms with Crippen molar-refractivity contribution >= 4 is 107 Å². The number of carboxylic acid groups (broad SMARTS) is 3. The summed E-state index contributed by atoms with van der Waals surface area (Å²) < 4.78 is 8.34. The van der Waals surface area contributed by atoms with Gasteiger partial charge < -0.3 is 41.1 Å². The van der Waals surface area contributed by atoms with Crippen molar-refractivity contribution in [2.45, 2.75) is 18.9 Å². The molecule has 0 fully saturated rings. The molecule has 6 aromatic rings. The highest BCUT2D eigenvalue weighted by molar-refractivity contribution is 14.1. The number of carboxylic acids is 3. The summed E-state index contributed by atoms with van der Waals surface area (Å²) in [5.41, 5.74) is 6.54. The molecule has 0 aliphatic heterocycles. The molecular formula is C38H28I3NO10. The Hall–Kier alpha value is -4.40. The van der Waals surface area contributed by atoms with E-state index in [2.05, 4.69) is 45.2 Å². The first kappa shape index (κ1) is 38.8. The van der Waals surface area contributed by atoms with Gasteiger partial charge in [-0.2, -0.15) is 0 Å². The fraction of sp³-hybridized carbons (Fsp3) is 0.0789. The van der Waals surface area contributed by atoms with E-state index in [0.717, 1.165) is 12.7 Å². The number of phenols is 3. The van der Waals surface area contributed by atoms with Crippen LogP contribution in [0.5, 0.6) is 28.7 Å².